The molecule has 0 radical (unpaired) electrons. The van der Waals surface area contributed by atoms with Crippen molar-refractivity contribution in [3.8, 4) is 0 Å². The standard InChI is InChI=1S/C14H12N2OS/c1-9-5-8-18-14(9)13(17)10-3-2-4-11-12(10)16-7-6-15-11/h2-8,13,17H,1H3. The smallest absolute Gasteiger partial charge is 0.116 e. The van der Waals surface area contributed by atoms with Gasteiger partial charge in [0.15, 0.2) is 0 Å². The lowest BCUT2D eigenvalue weighted by molar-refractivity contribution is 0.225. The van der Waals surface area contributed by atoms with E-state index in [1.54, 1.807) is 23.7 Å². The van der Waals surface area contributed by atoms with E-state index in [0.717, 1.165) is 27.0 Å². The van der Waals surface area contributed by atoms with Crippen LogP contribution in [-0.2, 0) is 0 Å². The molecule has 90 valence electrons. The number of thiophene rings is 1. The first-order valence-corrected chi connectivity index (χ1v) is 6.57. The van der Waals surface area contributed by atoms with Gasteiger partial charge in [-0.15, -0.1) is 11.3 Å². The SMILES string of the molecule is Cc1ccsc1C(O)c1cccc2nccnc12. The van der Waals surface area contributed by atoms with Crippen molar-refractivity contribution in [2.45, 2.75) is 13.0 Å². The maximum Gasteiger partial charge on any atom is 0.116 e. The highest BCUT2D eigenvalue weighted by molar-refractivity contribution is 7.10. The second-order valence-electron chi connectivity index (χ2n) is 4.14. The maximum atomic E-state index is 10.5. The van der Waals surface area contributed by atoms with Crippen LogP contribution in [0.2, 0.25) is 0 Å². The van der Waals surface area contributed by atoms with Gasteiger partial charge in [-0.25, -0.2) is 0 Å². The van der Waals surface area contributed by atoms with Gasteiger partial charge in [0.05, 0.1) is 11.0 Å². The Kier molecular flexibility index (Phi) is 2.81. The molecule has 0 aliphatic carbocycles. The second kappa shape index (κ2) is 4.48. The monoisotopic (exact) mass is 256 g/mol. The first-order chi connectivity index (χ1) is 8.77. The summed E-state index contributed by atoms with van der Waals surface area (Å²) in [4.78, 5) is 9.55. The molecule has 1 N–H and O–H groups in total. The third-order valence-corrected chi connectivity index (χ3v) is 4.05. The molecule has 1 aromatic carbocycles. The number of aliphatic hydroxyl groups excluding tert-OH is 1. The highest BCUT2D eigenvalue weighted by Crippen LogP contribution is 2.31. The van der Waals surface area contributed by atoms with Crippen LogP contribution in [0.4, 0.5) is 0 Å². The van der Waals surface area contributed by atoms with E-state index in [1.807, 2.05) is 36.6 Å². The fraction of sp³-hybridized carbons (Fsp3) is 0.143. The molecular formula is C14H12N2OS. The van der Waals surface area contributed by atoms with Crippen LogP contribution < -0.4 is 0 Å². The van der Waals surface area contributed by atoms with Crippen molar-refractivity contribution in [1.82, 2.24) is 9.97 Å². The van der Waals surface area contributed by atoms with Gasteiger partial charge in [0.2, 0.25) is 0 Å². The van der Waals surface area contributed by atoms with Gasteiger partial charge in [0.1, 0.15) is 6.10 Å². The molecule has 1 atom stereocenters. The number of rotatable bonds is 2. The zero-order valence-corrected chi connectivity index (χ0v) is 10.7. The Labute approximate surface area is 109 Å². The Morgan fingerprint density at radius 3 is 2.78 bits per heavy atom. The Balaban J connectivity index is 2.18. The molecule has 0 saturated carbocycles. The molecule has 3 rings (SSSR count). The van der Waals surface area contributed by atoms with E-state index < -0.39 is 6.10 Å². The Morgan fingerprint density at radius 1 is 1.17 bits per heavy atom. The topological polar surface area (TPSA) is 46.0 Å². The third-order valence-electron chi connectivity index (χ3n) is 2.97. The average molecular weight is 256 g/mol. The van der Waals surface area contributed by atoms with Crippen LogP contribution in [0.3, 0.4) is 0 Å². The van der Waals surface area contributed by atoms with E-state index in [0.29, 0.717) is 0 Å². The van der Waals surface area contributed by atoms with Crippen LogP contribution in [0.5, 0.6) is 0 Å². The molecule has 0 fully saturated rings. The van der Waals surface area contributed by atoms with Crippen molar-refractivity contribution in [2.24, 2.45) is 0 Å². The van der Waals surface area contributed by atoms with Crippen molar-refractivity contribution in [2.75, 3.05) is 0 Å². The first-order valence-electron chi connectivity index (χ1n) is 5.69. The quantitative estimate of drug-likeness (QED) is 0.766. The molecule has 0 amide bonds. The van der Waals surface area contributed by atoms with Crippen LogP contribution in [-0.4, -0.2) is 15.1 Å². The zero-order chi connectivity index (χ0) is 12.5. The second-order valence-corrected chi connectivity index (χ2v) is 5.09. The van der Waals surface area contributed by atoms with Crippen LogP contribution >= 0.6 is 11.3 Å². The molecule has 18 heavy (non-hydrogen) atoms. The molecule has 4 heteroatoms. The Bertz CT molecular complexity index is 688. The fourth-order valence-corrected chi connectivity index (χ4v) is 2.97. The van der Waals surface area contributed by atoms with Gasteiger partial charge in [0.25, 0.3) is 0 Å². The molecule has 3 aromatic rings. The molecular weight excluding hydrogens is 244 g/mol. The van der Waals surface area contributed by atoms with Crippen molar-refractivity contribution in [3.63, 3.8) is 0 Å². The van der Waals surface area contributed by atoms with Crippen LogP contribution in [0.25, 0.3) is 11.0 Å². The van der Waals surface area contributed by atoms with Gasteiger partial charge >= 0.3 is 0 Å². The predicted molar refractivity (Wildman–Crippen MR) is 72.7 cm³/mol. The van der Waals surface area contributed by atoms with E-state index >= 15 is 0 Å². The summed E-state index contributed by atoms with van der Waals surface area (Å²) in [5.41, 5.74) is 3.49. The van der Waals surface area contributed by atoms with Crippen molar-refractivity contribution < 1.29 is 5.11 Å². The van der Waals surface area contributed by atoms with Gasteiger partial charge in [-0.05, 0) is 30.0 Å². The maximum absolute atomic E-state index is 10.5. The van der Waals surface area contributed by atoms with E-state index in [2.05, 4.69) is 9.97 Å². The van der Waals surface area contributed by atoms with Gasteiger partial charge < -0.3 is 5.11 Å². The lowest BCUT2D eigenvalue weighted by atomic mass is 10.0. The highest BCUT2D eigenvalue weighted by atomic mass is 32.1. The number of aliphatic hydroxyl groups is 1. The van der Waals surface area contributed by atoms with Crippen molar-refractivity contribution in [3.05, 3.63) is 58.0 Å². The average Bonchev–Trinajstić information content (AvgIpc) is 2.83. The Morgan fingerprint density at radius 2 is 2.00 bits per heavy atom. The van der Waals surface area contributed by atoms with Crippen LogP contribution in [0.1, 0.15) is 22.1 Å². The van der Waals surface area contributed by atoms with E-state index in [9.17, 15) is 5.11 Å². The minimum absolute atomic E-state index is 0.634. The summed E-state index contributed by atoms with van der Waals surface area (Å²) in [5.74, 6) is 0. The number of benzene rings is 1. The molecule has 2 aromatic heterocycles. The predicted octanol–water partition coefficient (Wildman–Crippen LogP) is 3.08. The van der Waals surface area contributed by atoms with E-state index in [-0.39, 0.29) is 0 Å². The minimum Gasteiger partial charge on any atom is -0.383 e. The fourth-order valence-electron chi connectivity index (χ4n) is 2.04. The number of nitrogens with zero attached hydrogens (tertiary/aromatic N) is 2. The van der Waals surface area contributed by atoms with Gasteiger partial charge in [0, 0.05) is 22.8 Å². The lowest BCUT2D eigenvalue weighted by Gasteiger charge is -2.12. The molecule has 1 unspecified atom stereocenters. The van der Waals surface area contributed by atoms with Gasteiger partial charge in [-0.1, -0.05) is 12.1 Å². The zero-order valence-electron chi connectivity index (χ0n) is 9.87. The van der Waals surface area contributed by atoms with Gasteiger partial charge in [-0.3, -0.25) is 9.97 Å². The van der Waals surface area contributed by atoms with Gasteiger partial charge in [-0.2, -0.15) is 0 Å². The Hall–Kier alpha value is -1.78. The number of fused-ring (bicyclic) bond motifs is 1. The molecule has 0 spiro atoms. The number of hydrogen-bond donors (Lipinski definition) is 1. The minimum atomic E-state index is -0.634. The molecule has 0 bridgehead atoms. The molecule has 3 nitrogen and oxygen atoms in total. The summed E-state index contributed by atoms with van der Waals surface area (Å²) in [7, 11) is 0. The molecule has 0 saturated heterocycles. The summed E-state index contributed by atoms with van der Waals surface area (Å²) in [6, 6.07) is 7.72. The number of para-hydroxylation sites is 1. The first kappa shape index (κ1) is 11.3. The lowest BCUT2D eigenvalue weighted by Crippen LogP contribution is -2.01. The molecule has 0 aliphatic heterocycles. The summed E-state index contributed by atoms with van der Waals surface area (Å²) < 4.78 is 0. The highest BCUT2D eigenvalue weighted by Gasteiger charge is 2.17. The van der Waals surface area contributed by atoms with E-state index in [1.165, 1.54) is 0 Å². The largest absolute Gasteiger partial charge is 0.383 e. The number of aryl methyl sites for hydroxylation is 1. The van der Waals surface area contributed by atoms with Crippen LogP contribution in [0, 0.1) is 6.92 Å². The third kappa shape index (κ3) is 1.79. The summed E-state index contributed by atoms with van der Waals surface area (Å²) >= 11 is 1.56. The number of hydrogen-bond acceptors (Lipinski definition) is 4. The molecule has 2 heterocycles. The summed E-state index contributed by atoms with van der Waals surface area (Å²) in [6.45, 7) is 2.01. The summed E-state index contributed by atoms with van der Waals surface area (Å²) in [5, 5.41) is 12.5. The number of aromatic nitrogens is 2. The van der Waals surface area contributed by atoms with Crippen molar-refractivity contribution in [1.29, 1.82) is 0 Å². The van der Waals surface area contributed by atoms with Crippen LogP contribution in [0.15, 0.2) is 42.0 Å². The summed E-state index contributed by atoms with van der Waals surface area (Å²) in [6.07, 6.45) is 2.68. The normalized spacial score (nSPS) is 12.8. The van der Waals surface area contributed by atoms with E-state index in [4.69, 9.17) is 0 Å². The van der Waals surface area contributed by atoms with Crippen molar-refractivity contribution >= 4 is 22.4 Å². The molecule has 0 aliphatic rings.